The van der Waals surface area contributed by atoms with E-state index in [1.165, 1.54) is 0 Å². The summed E-state index contributed by atoms with van der Waals surface area (Å²) >= 11 is -8.75. The van der Waals surface area contributed by atoms with Crippen molar-refractivity contribution in [3.63, 3.8) is 0 Å². The van der Waals surface area contributed by atoms with E-state index in [1.54, 1.807) is 0 Å². The van der Waals surface area contributed by atoms with E-state index < -0.39 is 77.4 Å². The summed E-state index contributed by atoms with van der Waals surface area (Å²) in [6, 6.07) is 0. The van der Waals surface area contributed by atoms with E-state index in [4.69, 9.17) is 39.8 Å². The molecule has 0 N–H and O–H groups in total. The molecule has 0 unspecified atom stereocenters. The van der Waals surface area contributed by atoms with Gasteiger partial charge in [-0.2, -0.15) is 0 Å². The van der Waals surface area contributed by atoms with Gasteiger partial charge in [0.1, 0.15) is 0 Å². The predicted octanol–water partition coefficient (Wildman–Crippen LogP) is -8.45. The van der Waals surface area contributed by atoms with Crippen molar-refractivity contribution >= 4 is 77.4 Å². The van der Waals surface area contributed by atoms with Gasteiger partial charge in [-0.05, 0) is 0 Å². The van der Waals surface area contributed by atoms with Gasteiger partial charge in [0.15, 0.2) is 0 Å². The van der Waals surface area contributed by atoms with E-state index in [-0.39, 0.29) is 58.8 Å². The second-order valence-corrected chi connectivity index (χ2v) is 1.44. The van der Waals surface area contributed by atoms with Gasteiger partial charge in [0, 0.05) is 0 Å². The minimum absolute atomic E-state index is 0. The zero-order chi connectivity index (χ0) is 13.5. The molecule has 0 rings (SSSR count). The molecule has 0 fully saturated rings. The standard InChI is InChI=1S/5Al.Ce.Mn.10O/q;;;;;+3;+2;;;;;;5*-1. The maximum atomic E-state index is 8.46. The van der Waals surface area contributed by atoms with E-state index in [1.807, 2.05) is 0 Å². The van der Waals surface area contributed by atoms with Crippen LogP contribution in [0.3, 0.4) is 0 Å². The van der Waals surface area contributed by atoms with Crippen LogP contribution in [-0.4, -0.2) is 77.4 Å². The third-order valence-electron chi connectivity index (χ3n) is 0. The van der Waals surface area contributed by atoms with Crippen molar-refractivity contribution in [3.05, 3.63) is 0 Å². The van der Waals surface area contributed by atoms with Gasteiger partial charge in [0.2, 0.25) is 0 Å². The molecule has 0 aromatic carbocycles. The Kier molecular flexibility index (Phi) is 252. The quantitative estimate of drug-likeness (QED) is 0.294. The Balaban J connectivity index is -0.0000000143. The number of hydrogen-bond acceptors (Lipinski definition) is 10. The van der Waals surface area contributed by atoms with Crippen molar-refractivity contribution in [2.24, 2.45) is 0 Å². The molecule has 17 heavy (non-hydrogen) atoms. The summed E-state index contributed by atoms with van der Waals surface area (Å²) in [5.41, 5.74) is 0. The van der Waals surface area contributed by atoms with Crippen molar-refractivity contribution in [2.45, 2.75) is 0 Å². The van der Waals surface area contributed by atoms with Crippen LogP contribution in [-0.2, 0) is 36.1 Å². The van der Waals surface area contributed by atoms with Crippen LogP contribution in [0.15, 0.2) is 0 Å². The van der Waals surface area contributed by atoms with Gasteiger partial charge in [-0.15, -0.1) is 0 Å². The van der Waals surface area contributed by atoms with Crippen LogP contribution in [0.4, 0.5) is 0 Å². The molecule has 0 bridgehead atoms. The van der Waals surface area contributed by atoms with Gasteiger partial charge in [-0.3, -0.25) is 0 Å². The topological polar surface area (TPSA) is 201 Å². The van der Waals surface area contributed by atoms with E-state index in [0.29, 0.717) is 0 Å². The molecule has 17 heteroatoms. The Labute approximate surface area is 173 Å². The van der Waals surface area contributed by atoms with Gasteiger partial charge < -0.3 is 0 Å². The average Bonchev–Trinajstić information content (AvgIpc) is 2.09. The molecule has 0 saturated heterocycles. The van der Waals surface area contributed by atoms with Crippen LogP contribution in [0.2, 0.25) is 0 Å². The van der Waals surface area contributed by atoms with E-state index in [9.17, 15) is 0 Å². The summed E-state index contributed by atoms with van der Waals surface area (Å²) in [6.45, 7) is 0. The van der Waals surface area contributed by atoms with Crippen LogP contribution in [0.5, 0.6) is 0 Å². The molecule has 0 aliphatic rings. The van der Waals surface area contributed by atoms with Gasteiger partial charge >= 0.3 is 176 Å². The second-order valence-electron chi connectivity index (χ2n) is 0.481. The summed E-state index contributed by atoms with van der Waals surface area (Å²) in [4.78, 5) is 0. The first kappa shape index (κ1) is 42.7. The van der Waals surface area contributed by atoms with Crippen LogP contribution < -0.4 is 20.8 Å². The van der Waals surface area contributed by atoms with Gasteiger partial charge in [-0.1, -0.05) is 0 Å². The molecule has 0 saturated carbocycles. The summed E-state index contributed by atoms with van der Waals surface area (Å²) in [7, 11) is 0. The molecule has 0 spiro atoms. The summed E-state index contributed by atoms with van der Waals surface area (Å²) in [5.74, 6) is 0. The molecule has 10 nitrogen and oxygen atoms in total. The molecular weight excluding hydrogens is 490 g/mol. The maximum absolute atomic E-state index is 8.46. The van der Waals surface area contributed by atoms with E-state index in [0.717, 1.165) is 0 Å². The van der Waals surface area contributed by atoms with Crippen molar-refractivity contribution in [1.29, 1.82) is 0 Å². The minimum atomic E-state index is -1.75. The Morgan fingerprint density at radius 1 is 0.471 bits per heavy atom. The van der Waals surface area contributed by atoms with Gasteiger partial charge in [-0.25, -0.2) is 0 Å². The van der Waals surface area contributed by atoms with E-state index in [2.05, 4.69) is 0 Å². The summed E-state index contributed by atoms with van der Waals surface area (Å²) in [5, 5.41) is 0. The molecule has 0 aromatic rings. The first-order chi connectivity index (χ1) is 7.07. The second kappa shape index (κ2) is 100. The van der Waals surface area contributed by atoms with Crippen molar-refractivity contribution in [2.75, 3.05) is 0 Å². The van der Waals surface area contributed by atoms with Crippen LogP contribution >= 0.6 is 0 Å². The Morgan fingerprint density at radius 3 is 0.471 bits per heavy atom. The van der Waals surface area contributed by atoms with Crippen LogP contribution in [0.1, 0.15) is 0 Å². The molecule has 86 valence electrons. The number of hydrogen-bond donors (Lipinski definition) is 0. The first-order valence-electron chi connectivity index (χ1n) is 2.36. The van der Waals surface area contributed by atoms with Crippen molar-refractivity contribution in [3.8, 4) is 0 Å². The SMILES string of the molecule is [Ce+3].[Mn+2].[O]=[Al][O-].[O]=[Al][O-].[O]=[Al][O-].[O]=[Al][O-].[O]=[Al][O-]. The normalized spacial score (nSPS) is 2.35. The molecule has 0 atom stereocenters. The van der Waals surface area contributed by atoms with Gasteiger partial charge in [0.05, 0.1) is 0 Å². The van der Waals surface area contributed by atoms with Crippen LogP contribution in [0, 0.1) is 41.7 Å². The monoisotopic (exact) mass is 490 g/mol. The molecule has 0 aromatic heterocycles. The predicted molar refractivity (Wildman–Crippen MR) is 32.2 cm³/mol. The molecule has 0 amide bonds. The van der Waals surface area contributed by atoms with Crippen LogP contribution in [0.25, 0.3) is 0 Å². The van der Waals surface area contributed by atoms with Crippen molar-refractivity contribution in [1.82, 2.24) is 0 Å². The van der Waals surface area contributed by atoms with E-state index >= 15 is 0 Å². The first-order valence-corrected chi connectivity index (χ1v) is 7.07. The Bertz CT molecular complexity index is 97.0. The van der Waals surface area contributed by atoms with Gasteiger partial charge in [0.25, 0.3) is 0 Å². The summed E-state index contributed by atoms with van der Waals surface area (Å²) < 4.78 is 84.6. The van der Waals surface area contributed by atoms with Crippen molar-refractivity contribution < 1.29 is 98.6 Å². The Morgan fingerprint density at radius 2 is 0.471 bits per heavy atom. The zero-order valence-electron chi connectivity index (χ0n) is 7.85. The fourth-order valence-corrected chi connectivity index (χ4v) is 0. The summed E-state index contributed by atoms with van der Waals surface area (Å²) in [6.07, 6.45) is 0. The molecular formula is Al5CeMnO10. The Hall–Kier alpha value is 2.56. The average molecular weight is 490 g/mol. The fourth-order valence-electron chi connectivity index (χ4n) is 0. The molecule has 2 radical (unpaired) electrons. The zero-order valence-corrected chi connectivity index (χ0v) is 17.9. The molecule has 0 aliphatic carbocycles. The molecule has 0 heterocycles. The third-order valence-corrected chi connectivity index (χ3v) is 0. The number of rotatable bonds is 0. The molecule has 0 aliphatic heterocycles. The fraction of sp³-hybridized carbons (Fsp3) is 0. The third kappa shape index (κ3) is 777.